The molecular weight excluding hydrogens is 973 g/mol. The van der Waals surface area contributed by atoms with Gasteiger partial charge in [-0.3, -0.25) is 14.4 Å². The zero-order valence-electron chi connectivity index (χ0n) is 51.3. The Balaban J connectivity index is 4.38. The summed E-state index contributed by atoms with van der Waals surface area (Å²) in [4.78, 5) is 38.3. The van der Waals surface area contributed by atoms with Gasteiger partial charge < -0.3 is 14.2 Å². The number of carbonyl (C=O) groups excluding carboxylic acids is 3. The highest BCUT2D eigenvalue weighted by molar-refractivity contribution is 5.71. The first-order chi connectivity index (χ1) is 39.0. The summed E-state index contributed by atoms with van der Waals surface area (Å²) in [6, 6.07) is 0. The fourth-order valence-corrected chi connectivity index (χ4v) is 8.79. The van der Waals surface area contributed by atoms with Crippen LogP contribution in [-0.4, -0.2) is 37.2 Å². The maximum Gasteiger partial charge on any atom is 0.306 e. The molecule has 1 atom stereocenters. The fraction of sp³-hybridized carbons (Fsp3) is 0.658. The minimum absolute atomic E-state index is 0.0925. The Morgan fingerprint density at radius 1 is 0.266 bits per heavy atom. The first-order valence-electron chi connectivity index (χ1n) is 32.7. The number of hydrogen-bond acceptors (Lipinski definition) is 6. The number of esters is 3. The predicted octanol–water partition coefficient (Wildman–Crippen LogP) is 22.5. The van der Waals surface area contributed by atoms with Crippen LogP contribution in [-0.2, 0) is 28.6 Å². The minimum atomic E-state index is -0.797. The van der Waals surface area contributed by atoms with Crippen molar-refractivity contribution in [1.82, 2.24) is 0 Å². The number of rotatable bonds is 58. The third-order valence-electron chi connectivity index (χ3n) is 13.6. The van der Waals surface area contributed by atoms with Crippen LogP contribution in [0.4, 0.5) is 0 Å². The Labute approximate surface area is 487 Å². The van der Waals surface area contributed by atoms with Crippen molar-refractivity contribution in [2.45, 2.75) is 297 Å². The molecule has 1 unspecified atom stereocenters. The van der Waals surface area contributed by atoms with Gasteiger partial charge in [0.25, 0.3) is 0 Å². The summed E-state index contributed by atoms with van der Waals surface area (Å²) >= 11 is 0. The molecule has 79 heavy (non-hydrogen) atoms. The van der Waals surface area contributed by atoms with Crippen molar-refractivity contribution < 1.29 is 28.6 Å². The van der Waals surface area contributed by atoms with E-state index in [-0.39, 0.29) is 31.1 Å². The highest BCUT2D eigenvalue weighted by Gasteiger charge is 2.19. The van der Waals surface area contributed by atoms with Gasteiger partial charge in [-0.15, -0.1) is 0 Å². The van der Waals surface area contributed by atoms with Crippen LogP contribution in [0.2, 0.25) is 0 Å². The lowest BCUT2D eigenvalue weighted by atomic mass is 10.1. The van der Waals surface area contributed by atoms with Crippen molar-refractivity contribution in [3.8, 4) is 0 Å². The van der Waals surface area contributed by atoms with E-state index in [9.17, 15) is 14.4 Å². The Bertz CT molecular complexity index is 1680. The summed E-state index contributed by atoms with van der Waals surface area (Å²) in [5.74, 6) is -0.918. The summed E-state index contributed by atoms with van der Waals surface area (Å²) in [6.07, 6.45) is 93.1. The van der Waals surface area contributed by atoms with E-state index >= 15 is 0 Å². The van der Waals surface area contributed by atoms with E-state index in [1.54, 1.807) is 0 Å². The quantitative estimate of drug-likeness (QED) is 0.0261. The Morgan fingerprint density at radius 3 is 0.785 bits per heavy atom. The number of allylic oxidation sites excluding steroid dienone is 22. The molecule has 0 saturated carbocycles. The van der Waals surface area contributed by atoms with Gasteiger partial charge in [0.05, 0.1) is 0 Å². The zero-order valence-corrected chi connectivity index (χ0v) is 51.3. The van der Waals surface area contributed by atoms with Crippen LogP contribution in [0.1, 0.15) is 290 Å². The Kier molecular flexibility index (Phi) is 62.3. The van der Waals surface area contributed by atoms with Crippen LogP contribution in [0.15, 0.2) is 134 Å². The molecular formula is C73H120O6. The third-order valence-corrected chi connectivity index (χ3v) is 13.6. The lowest BCUT2D eigenvalue weighted by Crippen LogP contribution is -2.30. The molecule has 0 rings (SSSR count). The second kappa shape index (κ2) is 66.1. The van der Waals surface area contributed by atoms with Gasteiger partial charge in [-0.2, -0.15) is 0 Å². The van der Waals surface area contributed by atoms with E-state index in [2.05, 4.69) is 154 Å². The predicted molar refractivity (Wildman–Crippen MR) is 343 cm³/mol. The monoisotopic (exact) mass is 1090 g/mol. The molecule has 0 aliphatic heterocycles. The summed E-state index contributed by atoms with van der Waals surface area (Å²) < 4.78 is 16.9. The fourth-order valence-electron chi connectivity index (χ4n) is 8.79. The molecule has 0 aromatic heterocycles. The molecule has 0 spiro atoms. The lowest BCUT2D eigenvalue weighted by molar-refractivity contribution is -0.167. The maximum absolute atomic E-state index is 12.9. The van der Waals surface area contributed by atoms with Gasteiger partial charge in [0.2, 0.25) is 0 Å². The number of carbonyl (C=O) groups is 3. The van der Waals surface area contributed by atoms with E-state index in [0.717, 1.165) is 141 Å². The molecule has 6 heteroatoms. The Morgan fingerprint density at radius 2 is 0.494 bits per heavy atom. The number of unbranched alkanes of at least 4 members (excludes halogenated alkanes) is 25. The van der Waals surface area contributed by atoms with Crippen molar-refractivity contribution in [3.05, 3.63) is 134 Å². The van der Waals surface area contributed by atoms with Crippen LogP contribution in [0.5, 0.6) is 0 Å². The molecule has 0 heterocycles. The first kappa shape index (κ1) is 74.5. The summed E-state index contributed by atoms with van der Waals surface area (Å²) in [5.41, 5.74) is 0. The molecule has 0 radical (unpaired) electrons. The molecule has 0 amide bonds. The van der Waals surface area contributed by atoms with Gasteiger partial charge in [0.15, 0.2) is 6.10 Å². The van der Waals surface area contributed by atoms with Crippen molar-refractivity contribution in [3.63, 3.8) is 0 Å². The van der Waals surface area contributed by atoms with Gasteiger partial charge in [-0.1, -0.05) is 270 Å². The second-order valence-electron chi connectivity index (χ2n) is 21.3. The molecule has 6 nitrogen and oxygen atoms in total. The van der Waals surface area contributed by atoms with Gasteiger partial charge in [0.1, 0.15) is 13.2 Å². The van der Waals surface area contributed by atoms with Gasteiger partial charge in [-0.25, -0.2) is 0 Å². The average molecular weight is 1090 g/mol. The average Bonchev–Trinajstić information content (AvgIpc) is 3.45. The largest absolute Gasteiger partial charge is 0.462 e. The highest BCUT2D eigenvalue weighted by Crippen LogP contribution is 2.15. The van der Waals surface area contributed by atoms with E-state index in [4.69, 9.17) is 14.2 Å². The minimum Gasteiger partial charge on any atom is -0.462 e. The summed E-state index contributed by atoms with van der Waals surface area (Å²) in [5, 5.41) is 0. The summed E-state index contributed by atoms with van der Waals surface area (Å²) in [7, 11) is 0. The first-order valence-corrected chi connectivity index (χ1v) is 32.7. The van der Waals surface area contributed by atoms with E-state index < -0.39 is 6.10 Å². The highest BCUT2D eigenvalue weighted by atomic mass is 16.6. The van der Waals surface area contributed by atoms with Crippen LogP contribution in [0, 0.1) is 0 Å². The van der Waals surface area contributed by atoms with Crippen LogP contribution >= 0.6 is 0 Å². The van der Waals surface area contributed by atoms with Gasteiger partial charge in [0, 0.05) is 19.3 Å². The second-order valence-corrected chi connectivity index (χ2v) is 21.3. The van der Waals surface area contributed by atoms with E-state index in [1.165, 1.54) is 109 Å². The molecule has 0 saturated heterocycles. The van der Waals surface area contributed by atoms with Crippen molar-refractivity contribution in [2.75, 3.05) is 13.2 Å². The molecule has 0 aliphatic carbocycles. The molecule has 0 fully saturated rings. The van der Waals surface area contributed by atoms with Crippen LogP contribution < -0.4 is 0 Å². The van der Waals surface area contributed by atoms with Crippen molar-refractivity contribution in [2.24, 2.45) is 0 Å². The maximum atomic E-state index is 12.9. The molecule has 0 aromatic carbocycles. The molecule has 448 valence electrons. The van der Waals surface area contributed by atoms with Crippen LogP contribution in [0.25, 0.3) is 0 Å². The van der Waals surface area contributed by atoms with Gasteiger partial charge >= 0.3 is 17.9 Å². The number of hydrogen-bond donors (Lipinski definition) is 0. The summed E-state index contributed by atoms with van der Waals surface area (Å²) in [6.45, 7) is 6.40. The van der Waals surface area contributed by atoms with E-state index in [0.29, 0.717) is 19.3 Å². The standard InChI is InChI=1S/C73H120O6/c1-4-7-10-13-16-19-22-25-28-30-31-32-33-34-35-36-37-38-39-40-41-43-45-48-51-54-57-60-63-66-72(75)78-69-70(68-77-71(74)65-62-59-56-53-50-47-44-27-24-21-18-15-12-9-6-3)79-73(76)67-64-61-58-55-52-49-46-42-29-26-23-20-17-14-11-8-5-2/h7-8,10-11,16-17,19-20,25-29,31-32,34-35,37-38,40-41,44,70H,4-6,9,12-15,18,21-24,30,33,36,39,42-43,45-69H2,1-3H3/b10-7-,11-8-,19-16-,20-17-,28-25-,29-26-,32-31-,35-34-,38-37-,41-40-,44-27-. The zero-order chi connectivity index (χ0) is 57.1. The number of ether oxygens (including phenoxy) is 3. The molecule has 0 aromatic rings. The normalized spacial score (nSPS) is 13.0. The topological polar surface area (TPSA) is 78.9 Å². The van der Waals surface area contributed by atoms with E-state index in [1.807, 2.05) is 0 Å². The third kappa shape index (κ3) is 64.3. The SMILES string of the molecule is CC/C=C\C/C=C\C/C=C\C/C=C\C/C=C\C/C=C\C/C=C\CCCCCCCCCC(=O)OCC(COC(=O)CCCCCCC/C=C\CCCCCCCC)OC(=O)CCCCCCCCC/C=C\C/C=C\C/C=C\CC. The molecule has 0 N–H and O–H groups in total. The molecule has 0 bridgehead atoms. The smallest absolute Gasteiger partial charge is 0.306 e. The molecule has 0 aliphatic rings. The Hall–Kier alpha value is -4.45. The van der Waals surface area contributed by atoms with Crippen molar-refractivity contribution >= 4 is 17.9 Å². The van der Waals surface area contributed by atoms with Crippen molar-refractivity contribution in [1.29, 1.82) is 0 Å². The van der Waals surface area contributed by atoms with Crippen LogP contribution in [0.3, 0.4) is 0 Å². The van der Waals surface area contributed by atoms with Gasteiger partial charge in [-0.05, 0) is 135 Å². The lowest BCUT2D eigenvalue weighted by Gasteiger charge is -2.18.